The summed E-state index contributed by atoms with van der Waals surface area (Å²) in [4.78, 5) is 12.3. The number of thioether (sulfide) groups is 2. The predicted molar refractivity (Wildman–Crippen MR) is 110 cm³/mol. The molecule has 1 saturated heterocycles. The Bertz CT molecular complexity index is 892. The Kier molecular flexibility index (Phi) is 6.74. The molecule has 0 atom stereocenters. The number of benzene rings is 1. The highest BCUT2D eigenvalue weighted by molar-refractivity contribution is 8.19. The lowest BCUT2D eigenvalue weighted by Gasteiger charge is -2.17. The number of thiophene rings is 1. The van der Waals surface area contributed by atoms with Crippen molar-refractivity contribution in [1.82, 2.24) is 4.31 Å². The van der Waals surface area contributed by atoms with Crippen LogP contribution in [0.5, 0.6) is 11.5 Å². The maximum atomic E-state index is 12.4. The molecule has 0 N–H and O–H groups in total. The molecule has 3 rings (SSSR count). The Morgan fingerprint density at radius 2 is 1.96 bits per heavy atom. The van der Waals surface area contributed by atoms with E-state index >= 15 is 0 Å². The number of ether oxygens (including phenoxy) is 2. The van der Waals surface area contributed by atoms with Crippen molar-refractivity contribution in [3.05, 3.63) is 41.3 Å². The Balaban J connectivity index is 1.68. The molecule has 1 aliphatic heterocycles. The molecule has 1 aliphatic rings. The van der Waals surface area contributed by atoms with Gasteiger partial charge in [-0.3, -0.25) is 4.79 Å². The van der Waals surface area contributed by atoms with E-state index in [1.54, 1.807) is 17.5 Å². The summed E-state index contributed by atoms with van der Waals surface area (Å²) >= 11 is 4.85. The van der Waals surface area contributed by atoms with Gasteiger partial charge < -0.3 is 9.47 Å². The number of rotatable bonds is 7. The summed E-state index contributed by atoms with van der Waals surface area (Å²) in [7, 11) is -0.837. The first-order chi connectivity index (χ1) is 12.9. The molecule has 0 saturated carbocycles. The third-order valence-corrected chi connectivity index (χ3v) is 10.1. The Hall–Kier alpha value is -1.20. The highest BCUT2D eigenvalue weighted by Crippen LogP contribution is 2.46. The normalized spacial score (nSPS) is 15.2. The van der Waals surface area contributed by atoms with Gasteiger partial charge in [-0.05, 0) is 29.1 Å². The Morgan fingerprint density at radius 1 is 1.22 bits per heavy atom. The van der Waals surface area contributed by atoms with Gasteiger partial charge in [-0.2, -0.15) is 4.31 Å². The van der Waals surface area contributed by atoms with Crippen molar-refractivity contribution < 1.29 is 22.7 Å². The van der Waals surface area contributed by atoms with E-state index in [0.717, 1.165) is 32.7 Å². The van der Waals surface area contributed by atoms with E-state index in [2.05, 4.69) is 0 Å². The molecule has 2 heterocycles. The fourth-order valence-corrected chi connectivity index (χ4v) is 7.61. The number of nitrogens with zero attached hydrogens (tertiary/aromatic N) is 1. The van der Waals surface area contributed by atoms with Gasteiger partial charge in [-0.15, -0.1) is 34.9 Å². The molecule has 0 unspecified atom stereocenters. The average Bonchev–Trinajstić information content (AvgIpc) is 3.35. The molecule has 10 heteroatoms. The second-order valence-electron chi connectivity index (χ2n) is 5.65. The zero-order valence-corrected chi connectivity index (χ0v) is 18.1. The third-order valence-electron chi connectivity index (χ3n) is 3.82. The van der Waals surface area contributed by atoms with Gasteiger partial charge in [-0.1, -0.05) is 12.1 Å². The zero-order chi connectivity index (χ0) is 19.4. The second-order valence-corrected chi connectivity index (χ2v) is 11.6. The van der Waals surface area contributed by atoms with Crippen molar-refractivity contribution in [3.63, 3.8) is 0 Å². The molecule has 0 radical (unpaired) electrons. The molecular formula is C17H19NO5S4. The van der Waals surface area contributed by atoms with E-state index < -0.39 is 16.0 Å². The molecule has 146 valence electrons. The first-order valence-electron chi connectivity index (χ1n) is 8.03. The number of hydrogen-bond donors (Lipinski definition) is 0. The van der Waals surface area contributed by atoms with Gasteiger partial charge in [-0.25, -0.2) is 8.42 Å². The Morgan fingerprint density at radius 3 is 2.59 bits per heavy atom. The predicted octanol–water partition coefficient (Wildman–Crippen LogP) is 3.46. The Labute approximate surface area is 171 Å². The lowest BCUT2D eigenvalue weighted by molar-refractivity contribution is -0.134. The fraction of sp³-hybridized carbons (Fsp3) is 0.353. The summed E-state index contributed by atoms with van der Waals surface area (Å²) < 4.78 is 37.0. The molecule has 6 nitrogen and oxygen atoms in total. The molecule has 2 aromatic rings. The average molecular weight is 446 g/mol. The van der Waals surface area contributed by atoms with Crippen molar-refractivity contribution in [1.29, 1.82) is 0 Å². The largest absolute Gasteiger partial charge is 0.493 e. The molecule has 1 aromatic carbocycles. The topological polar surface area (TPSA) is 72.9 Å². The number of esters is 1. The minimum atomic E-state index is -3.70. The van der Waals surface area contributed by atoms with Crippen LogP contribution >= 0.6 is 34.9 Å². The second kappa shape index (κ2) is 8.87. The van der Waals surface area contributed by atoms with Crippen LogP contribution in [0.25, 0.3) is 0 Å². The van der Waals surface area contributed by atoms with Crippen molar-refractivity contribution in [2.24, 2.45) is 0 Å². The van der Waals surface area contributed by atoms with Gasteiger partial charge in [0.1, 0.15) is 10.8 Å². The minimum Gasteiger partial charge on any atom is -0.493 e. The van der Waals surface area contributed by atoms with E-state index in [9.17, 15) is 13.2 Å². The van der Waals surface area contributed by atoms with Crippen LogP contribution in [-0.4, -0.2) is 50.9 Å². The van der Waals surface area contributed by atoms with Crippen LogP contribution in [0, 0.1) is 0 Å². The minimum absolute atomic E-state index is 0.186. The monoisotopic (exact) mass is 445 g/mol. The van der Waals surface area contributed by atoms with Crippen LogP contribution in [0.3, 0.4) is 0 Å². The summed E-state index contributed by atoms with van der Waals surface area (Å²) in [6, 6.07) is 8.62. The lowest BCUT2D eigenvalue weighted by atomic mass is 10.2. The van der Waals surface area contributed by atoms with Crippen molar-refractivity contribution >= 4 is 50.9 Å². The molecule has 1 fully saturated rings. The van der Waals surface area contributed by atoms with Gasteiger partial charge in [0.15, 0.2) is 11.5 Å². The van der Waals surface area contributed by atoms with E-state index in [0.29, 0.717) is 10.3 Å². The molecular weight excluding hydrogens is 426 g/mol. The molecule has 1 aromatic heterocycles. The summed E-state index contributed by atoms with van der Waals surface area (Å²) in [5, 5.41) is 1.67. The number of carbonyl (C=O) groups excluding carboxylic acids is 1. The summed E-state index contributed by atoms with van der Waals surface area (Å²) in [5.74, 6) is 2.28. The molecule has 0 aliphatic carbocycles. The van der Waals surface area contributed by atoms with Crippen molar-refractivity contribution in [2.75, 3.05) is 32.2 Å². The maximum Gasteiger partial charge on any atom is 0.326 e. The quantitative estimate of drug-likeness (QED) is 0.477. The van der Waals surface area contributed by atoms with Crippen molar-refractivity contribution in [2.45, 2.75) is 8.79 Å². The van der Waals surface area contributed by atoms with Gasteiger partial charge in [0.05, 0.1) is 11.7 Å². The number of methoxy groups -OCH3 is 1. The van der Waals surface area contributed by atoms with Crippen LogP contribution in [0.4, 0.5) is 0 Å². The smallest absolute Gasteiger partial charge is 0.326 e. The third kappa shape index (κ3) is 4.80. The van der Waals surface area contributed by atoms with Crippen LogP contribution < -0.4 is 9.47 Å². The standard InChI is InChI=1S/C17H19NO5S4/c1-18(27(20,21)16-4-3-7-24-16)11-15(19)23-13-6-5-12(10-14(13)22-2)17-25-8-9-26-17/h3-7,10,17H,8-9,11H2,1-2H3. The summed E-state index contributed by atoms with van der Waals surface area (Å²) in [6.07, 6.45) is 0. The highest BCUT2D eigenvalue weighted by atomic mass is 32.2. The summed E-state index contributed by atoms with van der Waals surface area (Å²) in [5.41, 5.74) is 1.11. The van der Waals surface area contributed by atoms with Crippen molar-refractivity contribution in [3.8, 4) is 11.5 Å². The summed E-state index contributed by atoms with van der Waals surface area (Å²) in [6.45, 7) is -0.389. The molecule has 0 amide bonds. The number of likely N-dealkylation sites (N-methyl/N-ethyl adjacent to an activating group) is 1. The van der Waals surface area contributed by atoms with Crippen LogP contribution in [0.1, 0.15) is 10.1 Å². The van der Waals surface area contributed by atoms with Gasteiger partial charge in [0.25, 0.3) is 10.0 Å². The van der Waals surface area contributed by atoms with Gasteiger partial charge >= 0.3 is 5.97 Å². The van der Waals surface area contributed by atoms with Crippen LogP contribution in [0.2, 0.25) is 0 Å². The van der Waals surface area contributed by atoms with Gasteiger partial charge in [0.2, 0.25) is 0 Å². The van der Waals surface area contributed by atoms with E-state index in [-0.39, 0.29) is 16.5 Å². The SMILES string of the molecule is COc1cc(C2SCCS2)ccc1OC(=O)CN(C)S(=O)(=O)c1cccs1. The molecule has 27 heavy (non-hydrogen) atoms. The van der Waals surface area contributed by atoms with Crippen LogP contribution in [0.15, 0.2) is 39.9 Å². The van der Waals surface area contributed by atoms with Crippen LogP contribution in [-0.2, 0) is 14.8 Å². The fourth-order valence-electron chi connectivity index (χ4n) is 2.45. The first-order valence-corrected chi connectivity index (χ1v) is 12.4. The molecule has 0 spiro atoms. The van der Waals surface area contributed by atoms with E-state index in [1.807, 2.05) is 35.7 Å². The van der Waals surface area contributed by atoms with E-state index in [1.165, 1.54) is 20.2 Å². The highest BCUT2D eigenvalue weighted by Gasteiger charge is 2.25. The number of carbonyl (C=O) groups is 1. The zero-order valence-electron chi connectivity index (χ0n) is 14.8. The maximum absolute atomic E-state index is 12.4. The molecule has 0 bridgehead atoms. The lowest BCUT2D eigenvalue weighted by Crippen LogP contribution is -2.33. The number of hydrogen-bond acceptors (Lipinski definition) is 8. The first kappa shape index (κ1) is 20.5. The number of sulfonamides is 1. The van der Waals surface area contributed by atoms with Gasteiger partial charge in [0, 0.05) is 18.6 Å². The van der Waals surface area contributed by atoms with E-state index in [4.69, 9.17) is 9.47 Å².